The maximum absolute atomic E-state index is 5.11. The summed E-state index contributed by atoms with van der Waals surface area (Å²) >= 11 is 0. The van der Waals surface area contributed by atoms with Crippen LogP contribution in [0, 0.1) is 0 Å². The normalized spacial score (nSPS) is 15.8. The highest BCUT2D eigenvalue weighted by Gasteiger charge is 1.91. The van der Waals surface area contributed by atoms with Crippen LogP contribution in [0.15, 0.2) is 36.6 Å². The minimum absolute atomic E-state index is 0.941. The summed E-state index contributed by atoms with van der Waals surface area (Å²) in [5.41, 5.74) is 5.11. The van der Waals surface area contributed by atoms with E-state index in [1.54, 1.807) is 6.08 Å². The first-order valence-corrected chi connectivity index (χ1v) is 2.70. The predicted octanol–water partition coefficient (Wildman–Crippen LogP) is -0.0358. The van der Waals surface area contributed by atoms with Crippen LogP contribution in [0.1, 0.15) is 0 Å². The first-order valence-electron chi connectivity index (χ1n) is 2.70. The second-order valence-corrected chi connectivity index (χ2v) is 1.59. The number of rotatable bonds is 1. The van der Waals surface area contributed by atoms with Crippen molar-refractivity contribution in [3.63, 3.8) is 0 Å². The lowest BCUT2D eigenvalue weighted by Crippen LogP contribution is -2.08. The summed E-state index contributed by atoms with van der Waals surface area (Å²) in [5, 5.41) is 5.91. The first kappa shape index (κ1) is 5.75. The SMILES string of the molecule is N/C=C\C=C1NC=CN1. The van der Waals surface area contributed by atoms with Gasteiger partial charge in [0.2, 0.25) is 0 Å². The van der Waals surface area contributed by atoms with E-state index in [0.29, 0.717) is 0 Å². The van der Waals surface area contributed by atoms with Gasteiger partial charge in [0, 0.05) is 12.4 Å². The maximum atomic E-state index is 5.11. The highest BCUT2D eigenvalue weighted by atomic mass is 15.1. The molecule has 0 spiro atoms. The van der Waals surface area contributed by atoms with Crippen LogP contribution in [0.5, 0.6) is 0 Å². The molecule has 0 atom stereocenters. The topological polar surface area (TPSA) is 50.1 Å². The molecule has 0 aliphatic carbocycles. The molecular formula is C6H9N3. The monoisotopic (exact) mass is 123 g/mol. The van der Waals surface area contributed by atoms with Crippen molar-refractivity contribution in [2.75, 3.05) is 0 Å². The average Bonchev–Trinajstić information content (AvgIpc) is 2.34. The molecule has 9 heavy (non-hydrogen) atoms. The third kappa shape index (κ3) is 1.53. The zero-order chi connectivity index (χ0) is 6.53. The Hall–Kier alpha value is -1.38. The van der Waals surface area contributed by atoms with Crippen molar-refractivity contribution >= 4 is 0 Å². The van der Waals surface area contributed by atoms with Crippen LogP contribution in [0.25, 0.3) is 0 Å². The predicted molar refractivity (Wildman–Crippen MR) is 36.8 cm³/mol. The molecule has 1 heterocycles. The van der Waals surface area contributed by atoms with Crippen molar-refractivity contribution in [3.8, 4) is 0 Å². The maximum Gasteiger partial charge on any atom is 0.107 e. The van der Waals surface area contributed by atoms with E-state index in [2.05, 4.69) is 10.6 Å². The molecule has 0 fully saturated rings. The minimum atomic E-state index is 0.941. The Bertz CT molecular complexity index is 157. The summed E-state index contributed by atoms with van der Waals surface area (Å²) in [6, 6.07) is 0. The van der Waals surface area contributed by atoms with Gasteiger partial charge in [0.05, 0.1) is 0 Å². The third-order valence-electron chi connectivity index (χ3n) is 0.935. The van der Waals surface area contributed by atoms with E-state index in [0.717, 1.165) is 5.82 Å². The summed E-state index contributed by atoms with van der Waals surface area (Å²) in [6.45, 7) is 0. The van der Waals surface area contributed by atoms with Crippen LogP contribution in [0.4, 0.5) is 0 Å². The molecule has 48 valence electrons. The molecule has 1 aliphatic rings. The van der Waals surface area contributed by atoms with Crippen LogP contribution in [-0.4, -0.2) is 0 Å². The van der Waals surface area contributed by atoms with Gasteiger partial charge in [-0.25, -0.2) is 0 Å². The van der Waals surface area contributed by atoms with E-state index >= 15 is 0 Å². The van der Waals surface area contributed by atoms with Gasteiger partial charge in [-0.05, 0) is 18.4 Å². The summed E-state index contributed by atoms with van der Waals surface area (Å²) in [4.78, 5) is 0. The van der Waals surface area contributed by atoms with Crippen LogP contribution >= 0.6 is 0 Å². The van der Waals surface area contributed by atoms with E-state index in [-0.39, 0.29) is 0 Å². The van der Waals surface area contributed by atoms with Crippen LogP contribution < -0.4 is 16.4 Å². The van der Waals surface area contributed by atoms with Crippen molar-refractivity contribution in [1.29, 1.82) is 0 Å². The molecule has 3 nitrogen and oxygen atoms in total. The highest BCUT2D eigenvalue weighted by Crippen LogP contribution is 1.89. The molecule has 4 N–H and O–H groups in total. The lowest BCUT2D eigenvalue weighted by atomic mass is 10.5. The Morgan fingerprint density at radius 2 is 2.00 bits per heavy atom. The van der Waals surface area contributed by atoms with Gasteiger partial charge in [-0.1, -0.05) is 0 Å². The average molecular weight is 123 g/mol. The third-order valence-corrected chi connectivity index (χ3v) is 0.935. The van der Waals surface area contributed by atoms with Crippen molar-refractivity contribution in [2.24, 2.45) is 5.73 Å². The fourth-order valence-corrected chi connectivity index (χ4v) is 0.553. The van der Waals surface area contributed by atoms with Gasteiger partial charge in [0.25, 0.3) is 0 Å². The zero-order valence-electron chi connectivity index (χ0n) is 4.96. The number of nitrogens with two attached hydrogens (primary N) is 1. The number of hydrogen-bond donors (Lipinski definition) is 3. The van der Waals surface area contributed by atoms with E-state index < -0.39 is 0 Å². The lowest BCUT2D eigenvalue weighted by molar-refractivity contribution is 0.989. The molecule has 0 radical (unpaired) electrons. The molecular weight excluding hydrogens is 114 g/mol. The van der Waals surface area contributed by atoms with Crippen LogP contribution in [0.2, 0.25) is 0 Å². The zero-order valence-corrected chi connectivity index (χ0v) is 4.96. The van der Waals surface area contributed by atoms with Gasteiger partial charge in [0.1, 0.15) is 5.82 Å². The van der Waals surface area contributed by atoms with Gasteiger partial charge >= 0.3 is 0 Å². The van der Waals surface area contributed by atoms with Crippen molar-refractivity contribution in [2.45, 2.75) is 0 Å². The largest absolute Gasteiger partial charge is 0.405 e. The minimum Gasteiger partial charge on any atom is -0.405 e. The molecule has 1 rings (SSSR count). The number of nitrogens with one attached hydrogen (secondary N) is 2. The van der Waals surface area contributed by atoms with Crippen molar-refractivity contribution in [1.82, 2.24) is 10.6 Å². The summed E-state index contributed by atoms with van der Waals surface area (Å²) in [5.74, 6) is 0.941. The Kier molecular flexibility index (Phi) is 1.80. The lowest BCUT2D eigenvalue weighted by Gasteiger charge is -1.94. The Labute approximate surface area is 53.9 Å². The number of hydrogen-bond acceptors (Lipinski definition) is 3. The molecule has 0 unspecified atom stereocenters. The second kappa shape index (κ2) is 2.81. The molecule has 1 aliphatic heterocycles. The Balaban J connectivity index is 2.43. The van der Waals surface area contributed by atoms with E-state index in [9.17, 15) is 0 Å². The molecule has 0 aromatic rings. The van der Waals surface area contributed by atoms with Crippen LogP contribution in [-0.2, 0) is 0 Å². The summed E-state index contributed by atoms with van der Waals surface area (Å²) in [7, 11) is 0. The standard InChI is InChI=1S/C6H9N3/c7-3-1-2-6-8-4-5-9-6/h1-5,8-9H,7H2/b3-1-. The van der Waals surface area contributed by atoms with Crippen molar-refractivity contribution < 1.29 is 0 Å². The quantitative estimate of drug-likeness (QED) is 0.458. The highest BCUT2D eigenvalue weighted by molar-refractivity contribution is 5.16. The molecule has 0 saturated carbocycles. The van der Waals surface area contributed by atoms with Gasteiger partial charge in [-0.15, -0.1) is 0 Å². The molecule has 0 aromatic carbocycles. The van der Waals surface area contributed by atoms with Gasteiger partial charge in [-0.3, -0.25) is 0 Å². The molecule has 0 amide bonds. The molecule has 0 bridgehead atoms. The second-order valence-electron chi connectivity index (χ2n) is 1.59. The smallest absolute Gasteiger partial charge is 0.107 e. The molecule has 0 aromatic heterocycles. The Morgan fingerprint density at radius 1 is 1.33 bits per heavy atom. The van der Waals surface area contributed by atoms with E-state index in [4.69, 9.17) is 5.73 Å². The van der Waals surface area contributed by atoms with Crippen molar-refractivity contribution in [3.05, 3.63) is 36.6 Å². The van der Waals surface area contributed by atoms with Gasteiger partial charge in [0.15, 0.2) is 0 Å². The van der Waals surface area contributed by atoms with E-state index in [1.165, 1.54) is 6.20 Å². The van der Waals surface area contributed by atoms with Gasteiger partial charge < -0.3 is 16.4 Å². The number of allylic oxidation sites excluding steroid dienone is 2. The first-order chi connectivity index (χ1) is 4.43. The Morgan fingerprint density at radius 3 is 2.56 bits per heavy atom. The van der Waals surface area contributed by atoms with Crippen LogP contribution in [0.3, 0.4) is 0 Å². The van der Waals surface area contributed by atoms with E-state index in [1.807, 2.05) is 18.5 Å². The fourth-order valence-electron chi connectivity index (χ4n) is 0.553. The fraction of sp³-hybridized carbons (Fsp3) is 0. The summed E-state index contributed by atoms with van der Waals surface area (Å²) in [6.07, 6.45) is 8.71. The summed E-state index contributed by atoms with van der Waals surface area (Å²) < 4.78 is 0. The molecule has 3 heteroatoms. The molecule has 0 saturated heterocycles. The van der Waals surface area contributed by atoms with Gasteiger partial charge in [-0.2, -0.15) is 0 Å².